The molecule has 1 atom stereocenters. The van der Waals surface area contributed by atoms with Gasteiger partial charge in [-0.2, -0.15) is 0 Å². The van der Waals surface area contributed by atoms with Crippen LogP contribution in [0.1, 0.15) is 42.5 Å². The number of methoxy groups -OCH3 is 2. The smallest absolute Gasteiger partial charge is 0.199 e. The minimum Gasteiger partial charge on any atom is -0.494 e. The van der Waals surface area contributed by atoms with Gasteiger partial charge in [0.1, 0.15) is 0 Å². The largest absolute Gasteiger partial charge is 0.494 e. The van der Waals surface area contributed by atoms with Gasteiger partial charge in [0.15, 0.2) is 17.4 Å². The third-order valence-electron chi connectivity index (χ3n) is 8.24. The van der Waals surface area contributed by atoms with Crippen molar-refractivity contribution in [3.05, 3.63) is 83.6 Å². The highest BCUT2D eigenvalue weighted by molar-refractivity contribution is 5.98. The lowest BCUT2D eigenvalue weighted by Gasteiger charge is -2.35. The third kappa shape index (κ3) is 6.47. The van der Waals surface area contributed by atoms with Crippen LogP contribution in [0.4, 0.5) is 5.69 Å². The molecule has 0 saturated carbocycles. The molecule has 3 aromatic carbocycles. The first-order valence-electron chi connectivity index (χ1n) is 14.7. The highest BCUT2D eigenvalue weighted by Gasteiger charge is 2.24. The van der Waals surface area contributed by atoms with Crippen LogP contribution in [-0.4, -0.2) is 68.1 Å². The lowest BCUT2D eigenvalue weighted by Crippen LogP contribution is -2.46. The summed E-state index contributed by atoms with van der Waals surface area (Å²) in [5, 5.41) is 13.5. The van der Waals surface area contributed by atoms with Crippen LogP contribution < -0.4 is 14.4 Å². The zero-order valence-corrected chi connectivity index (χ0v) is 24.8. The molecule has 0 aliphatic carbocycles. The molecule has 1 aliphatic heterocycles. The van der Waals surface area contributed by atoms with E-state index in [1.54, 1.807) is 14.2 Å². The second kappa shape index (κ2) is 13.3. The summed E-state index contributed by atoms with van der Waals surface area (Å²) in [4.78, 5) is 4.93. The fourth-order valence-electron chi connectivity index (χ4n) is 5.94. The van der Waals surface area contributed by atoms with Crippen molar-refractivity contribution in [3.8, 4) is 17.4 Å². The quantitative estimate of drug-likeness (QED) is 0.204. The summed E-state index contributed by atoms with van der Waals surface area (Å²) in [5.41, 5.74) is 4.65. The van der Waals surface area contributed by atoms with E-state index in [2.05, 4.69) is 72.3 Å². The monoisotopic (exact) mass is 557 g/mol. The summed E-state index contributed by atoms with van der Waals surface area (Å²) in [6.07, 6.45) is 3.76. The summed E-state index contributed by atoms with van der Waals surface area (Å²) in [6, 6.07) is 20.6. The number of piperazine rings is 1. The number of aromatic hydroxyl groups is 1. The predicted molar refractivity (Wildman–Crippen MR) is 166 cm³/mol. The number of ether oxygens (including phenoxy) is 3. The van der Waals surface area contributed by atoms with E-state index in [0.29, 0.717) is 24.7 Å². The van der Waals surface area contributed by atoms with Gasteiger partial charge in [-0.3, -0.25) is 0 Å². The Morgan fingerprint density at radius 3 is 2.39 bits per heavy atom. The Morgan fingerprint density at radius 1 is 0.878 bits per heavy atom. The van der Waals surface area contributed by atoms with E-state index < -0.39 is 0 Å². The van der Waals surface area contributed by atoms with Crippen LogP contribution in [0.25, 0.3) is 10.8 Å². The molecular formula is C34H43N3O4. The van der Waals surface area contributed by atoms with Gasteiger partial charge in [-0.1, -0.05) is 48.9 Å². The average Bonchev–Trinajstić information content (AvgIpc) is 3.34. The number of hydrogen-bond donors (Lipinski definition) is 1. The number of nitrogens with zero attached hydrogens (tertiary/aromatic N) is 3. The summed E-state index contributed by atoms with van der Waals surface area (Å²) in [5.74, 6) is 1.65. The zero-order chi connectivity index (χ0) is 28.8. The topological polar surface area (TPSA) is 59.3 Å². The van der Waals surface area contributed by atoms with Crippen molar-refractivity contribution in [2.75, 3.05) is 58.5 Å². The number of likely N-dealkylation sites (N-methyl/N-ethyl adjacent to an activating group) is 1. The van der Waals surface area contributed by atoms with Gasteiger partial charge in [0.05, 0.1) is 26.9 Å². The molecule has 4 aromatic rings. The minimum atomic E-state index is -0.102. The van der Waals surface area contributed by atoms with Crippen LogP contribution in [0.3, 0.4) is 0 Å². The minimum absolute atomic E-state index is 0.102. The summed E-state index contributed by atoms with van der Waals surface area (Å²) in [6.45, 7) is 10.7. The van der Waals surface area contributed by atoms with E-state index in [0.717, 1.165) is 61.9 Å². The highest BCUT2D eigenvalue weighted by Crippen LogP contribution is 2.40. The van der Waals surface area contributed by atoms with E-state index in [4.69, 9.17) is 14.2 Å². The number of anilines is 1. The Kier molecular flexibility index (Phi) is 9.37. The molecule has 1 aromatic heterocycles. The van der Waals surface area contributed by atoms with Gasteiger partial charge >= 0.3 is 0 Å². The average molecular weight is 558 g/mol. The number of aromatic nitrogens is 1. The molecule has 1 aliphatic rings. The van der Waals surface area contributed by atoms with Crippen LogP contribution in [0, 0.1) is 6.92 Å². The number of aryl methyl sites for hydroxylation is 1. The number of rotatable bonds is 12. The second-order valence-corrected chi connectivity index (χ2v) is 10.8. The molecule has 1 N–H and O–H groups in total. The fourth-order valence-corrected chi connectivity index (χ4v) is 5.94. The molecule has 2 heterocycles. The molecule has 0 bridgehead atoms. The van der Waals surface area contributed by atoms with E-state index in [1.807, 2.05) is 22.8 Å². The first-order valence-corrected chi connectivity index (χ1v) is 14.7. The van der Waals surface area contributed by atoms with Crippen LogP contribution in [-0.2, 0) is 11.3 Å². The van der Waals surface area contributed by atoms with Gasteiger partial charge in [0, 0.05) is 55.4 Å². The maximum absolute atomic E-state index is 11.6. The first-order chi connectivity index (χ1) is 20.0. The van der Waals surface area contributed by atoms with E-state index in [1.165, 1.54) is 16.8 Å². The van der Waals surface area contributed by atoms with Crippen LogP contribution in [0.15, 0.2) is 66.9 Å². The Bertz CT molecular complexity index is 1440. The van der Waals surface area contributed by atoms with Gasteiger partial charge in [-0.25, -0.2) is 0 Å². The highest BCUT2D eigenvalue weighted by atomic mass is 16.5. The molecule has 218 valence electrons. The second-order valence-electron chi connectivity index (χ2n) is 10.8. The standard InChI is InChI=1S/C34H43N3O4/c1-5-35-16-18-36(19-17-35)31-12-7-11-28-29(31)23-37(34(28)38)30(27-14-15-32(39-3)33(22-27)40-4)13-8-20-41-24-26-10-6-9-25(2)21-26/h6-7,9-12,14-15,21-23,30,38H,5,8,13,16-20,24H2,1-4H3/t30-/m1/s1. The molecule has 0 spiro atoms. The normalized spacial score (nSPS) is 14.9. The Hall–Kier alpha value is -3.68. The molecule has 7 heteroatoms. The molecular weight excluding hydrogens is 514 g/mol. The number of benzene rings is 3. The van der Waals surface area contributed by atoms with Crippen molar-refractivity contribution in [1.29, 1.82) is 0 Å². The van der Waals surface area contributed by atoms with Crippen molar-refractivity contribution in [2.24, 2.45) is 0 Å². The number of fused-ring (bicyclic) bond motifs is 1. The zero-order valence-electron chi connectivity index (χ0n) is 24.8. The molecule has 1 fully saturated rings. The maximum Gasteiger partial charge on any atom is 0.199 e. The molecule has 0 amide bonds. The summed E-state index contributed by atoms with van der Waals surface area (Å²) < 4.78 is 19.2. The van der Waals surface area contributed by atoms with Gasteiger partial charge in [-0.15, -0.1) is 0 Å². The van der Waals surface area contributed by atoms with E-state index >= 15 is 0 Å². The van der Waals surface area contributed by atoms with Crippen LogP contribution in [0.2, 0.25) is 0 Å². The molecule has 5 rings (SSSR count). The Morgan fingerprint density at radius 2 is 1.66 bits per heavy atom. The fraction of sp³-hybridized carbons (Fsp3) is 0.412. The predicted octanol–water partition coefficient (Wildman–Crippen LogP) is 6.40. The SMILES string of the molecule is CCN1CCN(c2cccc3c(O)n([C@H](CCCOCc4cccc(C)c4)c4ccc(OC)c(OC)c4)cc23)CC1. The van der Waals surface area contributed by atoms with Crippen molar-refractivity contribution in [1.82, 2.24) is 9.47 Å². The maximum atomic E-state index is 11.6. The molecule has 1 saturated heterocycles. The molecule has 0 radical (unpaired) electrons. The van der Waals surface area contributed by atoms with Gasteiger partial charge in [0.25, 0.3) is 0 Å². The number of hydrogen-bond acceptors (Lipinski definition) is 6. The van der Waals surface area contributed by atoms with Crippen molar-refractivity contribution >= 4 is 16.5 Å². The van der Waals surface area contributed by atoms with Crippen molar-refractivity contribution in [2.45, 2.75) is 39.3 Å². The van der Waals surface area contributed by atoms with Crippen molar-refractivity contribution < 1.29 is 19.3 Å². The Balaban J connectivity index is 1.42. The van der Waals surface area contributed by atoms with E-state index in [9.17, 15) is 5.11 Å². The molecule has 0 unspecified atom stereocenters. The molecule has 7 nitrogen and oxygen atoms in total. The van der Waals surface area contributed by atoms with Crippen LogP contribution >= 0.6 is 0 Å². The first kappa shape index (κ1) is 28.8. The molecule has 41 heavy (non-hydrogen) atoms. The lowest BCUT2D eigenvalue weighted by molar-refractivity contribution is 0.115. The summed E-state index contributed by atoms with van der Waals surface area (Å²) >= 11 is 0. The summed E-state index contributed by atoms with van der Waals surface area (Å²) in [7, 11) is 3.30. The van der Waals surface area contributed by atoms with Crippen molar-refractivity contribution in [3.63, 3.8) is 0 Å². The third-order valence-corrected chi connectivity index (χ3v) is 8.24. The van der Waals surface area contributed by atoms with E-state index in [-0.39, 0.29) is 11.9 Å². The van der Waals surface area contributed by atoms with Gasteiger partial charge in [-0.05, 0) is 61.7 Å². The van der Waals surface area contributed by atoms with Gasteiger partial charge in [0.2, 0.25) is 0 Å². The van der Waals surface area contributed by atoms with Gasteiger partial charge < -0.3 is 33.7 Å². The Labute approximate surface area is 243 Å². The van der Waals surface area contributed by atoms with Crippen LogP contribution in [0.5, 0.6) is 17.4 Å². The lowest BCUT2D eigenvalue weighted by atomic mass is 10.0.